The third-order valence-electron chi connectivity index (χ3n) is 4.88. The monoisotopic (exact) mass is 634 g/mol. The van der Waals surface area contributed by atoms with Crippen LogP contribution in [-0.2, 0) is 4.79 Å². The van der Waals surface area contributed by atoms with Crippen molar-refractivity contribution in [2.75, 3.05) is 11.1 Å². The lowest BCUT2D eigenvalue weighted by Crippen LogP contribution is -2.35. The summed E-state index contributed by atoms with van der Waals surface area (Å²) in [4.78, 5) is 43.0. The minimum absolute atomic E-state index is 0.138. The number of para-hydroxylation sites is 1. The molecule has 11 heteroatoms. The first-order valence-corrected chi connectivity index (χ1v) is 13.1. The highest BCUT2D eigenvalue weighted by Gasteiger charge is 2.18. The average Bonchev–Trinajstić information content (AvgIpc) is 2.79. The van der Waals surface area contributed by atoms with Gasteiger partial charge in [0.2, 0.25) is 5.91 Å². The number of halogens is 3. The van der Waals surface area contributed by atoms with E-state index in [4.69, 9.17) is 11.6 Å². The van der Waals surface area contributed by atoms with Gasteiger partial charge in [-0.3, -0.25) is 19.5 Å². The van der Waals surface area contributed by atoms with Gasteiger partial charge in [0.1, 0.15) is 0 Å². The predicted molar refractivity (Wildman–Crippen MR) is 147 cm³/mol. The maximum absolute atomic E-state index is 13.6. The van der Waals surface area contributed by atoms with E-state index >= 15 is 0 Å². The average molecular weight is 637 g/mol. The van der Waals surface area contributed by atoms with E-state index in [0.717, 1.165) is 21.8 Å². The molecule has 178 valence electrons. The second kappa shape index (κ2) is 10.9. The van der Waals surface area contributed by atoms with Gasteiger partial charge in [0.15, 0.2) is 5.16 Å². The van der Waals surface area contributed by atoms with Crippen LogP contribution in [0.3, 0.4) is 0 Å². The number of carbonyl (C=O) groups is 2. The SMILES string of the molecule is Cc1ccccc1-n1c(SCC(=O)NC(=O)Nc2cccc(Cl)c2)nc2c(Br)cc(Br)cc2c1=O. The van der Waals surface area contributed by atoms with Crippen LogP contribution in [0.25, 0.3) is 16.6 Å². The zero-order valence-electron chi connectivity index (χ0n) is 18.1. The molecule has 1 heterocycles. The molecule has 0 unspecified atom stereocenters. The molecule has 7 nitrogen and oxygen atoms in total. The fourth-order valence-electron chi connectivity index (χ4n) is 3.34. The van der Waals surface area contributed by atoms with Crippen molar-refractivity contribution in [1.29, 1.82) is 0 Å². The van der Waals surface area contributed by atoms with Crippen LogP contribution in [0.5, 0.6) is 0 Å². The van der Waals surface area contributed by atoms with Gasteiger partial charge in [-0.15, -0.1) is 0 Å². The van der Waals surface area contributed by atoms with Crippen molar-refractivity contribution in [2.24, 2.45) is 0 Å². The van der Waals surface area contributed by atoms with Crippen LogP contribution in [0, 0.1) is 6.92 Å². The number of nitrogens with one attached hydrogen (secondary N) is 2. The van der Waals surface area contributed by atoms with E-state index in [-0.39, 0.29) is 11.3 Å². The van der Waals surface area contributed by atoms with E-state index in [2.05, 4.69) is 47.5 Å². The molecule has 3 aromatic carbocycles. The highest BCUT2D eigenvalue weighted by molar-refractivity contribution is 9.11. The van der Waals surface area contributed by atoms with Crippen LogP contribution in [0.4, 0.5) is 10.5 Å². The molecule has 0 aliphatic carbocycles. The second-order valence-corrected chi connectivity index (χ2v) is 10.6. The molecular formula is C24H17Br2ClN4O3S. The number of rotatable bonds is 5. The summed E-state index contributed by atoms with van der Waals surface area (Å²) in [6.07, 6.45) is 0. The number of hydrogen-bond acceptors (Lipinski definition) is 5. The summed E-state index contributed by atoms with van der Waals surface area (Å²) in [6.45, 7) is 1.89. The zero-order chi connectivity index (χ0) is 25.1. The van der Waals surface area contributed by atoms with Gasteiger partial charge in [-0.1, -0.05) is 63.6 Å². The largest absolute Gasteiger partial charge is 0.325 e. The Balaban J connectivity index is 1.62. The van der Waals surface area contributed by atoms with Crippen LogP contribution >= 0.6 is 55.2 Å². The van der Waals surface area contributed by atoms with Crippen molar-refractivity contribution in [3.05, 3.63) is 90.5 Å². The van der Waals surface area contributed by atoms with Crippen molar-refractivity contribution in [3.8, 4) is 5.69 Å². The molecule has 0 saturated carbocycles. The summed E-state index contributed by atoms with van der Waals surface area (Å²) in [5, 5.41) is 6.04. The van der Waals surface area contributed by atoms with Crippen LogP contribution in [-0.4, -0.2) is 27.2 Å². The maximum Gasteiger partial charge on any atom is 0.325 e. The fraction of sp³-hybridized carbons (Fsp3) is 0.0833. The summed E-state index contributed by atoms with van der Waals surface area (Å²) in [5.41, 5.74) is 2.19. The predicted octanol–water partition coefficient (Wildman–Crippen LogP) is 6.31. The van der Waals surface area contributed by atoms with E-state index in [1.165, 1.54) is 4.57 Å². The Morgan fingerprint density at radius 3 is 2.60 bits per heavy atom. The van der Waals surface area contributed by atoms with E-state index in [1.54, 1.807) is 36.4 Å². The molecule has 0 saturated heterocycles. The van der Waals surface area contributed by atoms with Gasteiger partial charge in [0.05, 0.1) is 22.3 Å². The van der Waals surface area contributed by atoms with Crippen molar-refractivity contribution in [3.63, 3.8) is 0 Å². The Morgan fingerprint density at radius 1 is 1.09 bits per heavy atom. The first-order valence-electron chi connectivity index (χ1n) is 10.2. The van der Waals surface area contributed by atoms with Crippen molar-refractivity contribution < 1.29 is 9.59 Å². The number of aromatic nitrogens is 2. The Bertz CT molecular complexity index is 1530. The molecule has 4 aromatic rings. The molecule has 2 N–H and O–H groups in total. The summed E-state index contributed by atoms with van der Waals surface area (Å²) >= 11 is 13.9. The lowest BCUT2D eigenvalue weighted by molar-refractivity contribution is -0.117. The number of hydrogen-bond donors (Lipinski definition) is 2. The molecule has 1 aromatic heterocycles. The van der Waals surface area contributed by atoms with Gasteiger partial charge in [0.25, 0.3) is 5.56 Å². The number of fused-ring (bicyclic) bond motifs is 1. The highest BCUT2D eigenvalue weighted by atomic mass is 79.9. The number of nitrogens with zero attached hydrogens (tertiary/aromatic N) is 2. The molecule has 0 atom stereocenters. The van der Waals surface area contributed by atoms with Gasteiger partial charge >= 0.3 is 6.03 Å². The molecule has 4 rings (SSSR count). The van der Waals surface area contributed by atoms with E-state index in [9.17, 15) is 14.4 Å². The minimum atomic E-state index is -0.687. The molecule has 35 heavy (non-hydrogen) atoms. The van der Waals surface area contributed by atoms with Crippen molar-refractivity contribution in [1.82, 2.24) is 14.9 Å². The third-order valence-corrected chi connectivity index (χ3v) is 7.12. The van der Waals surface area contributed by atoms with Crippen molar-refractivity contribution in [2.45, 2.75) is 12.1 Å². The Hall–Kier alpha value is -2.66. The zero-order valence-corrected chi connectivity index (χ0v) is 22.9. The van der Waals surface area contributed by atoms with Crippen LogP contribution < -0.4 is 16.2 Å². The summed E-state index contributed by atoms with van der Waals surface area (Å²) in [5.74, 6) is -0.684. The number of benzene rings is 3. The quantitative estimate of drug-likeness (QED) is 0.198. The third kappa shape index (κ3) is 5.95. The number of amides is 3. The smallest absolute Gasteiger partial charge is 0.308 e. The Kier molecular flexibility index (Phi) is 7.95. The normalized spacial score (nSPS) is 10.9. The first-order chi connectivity index (χ1) is 16.7. The first kappa shape index (κ1) is 25.4. The minimum Gasteiger partial charge on any atom is -0.308 e. The topological polar surface area (TPSA) is 93.1 Å². The number of anilines is 1. The molecule has 0 radical (unpaired) electrons. The van der Waals surface area contributed by atoms with Crippen LogP contribution in [0.1, 0.15) is 5.56 Å². The number of carbonyl (C=O) groups excluding carboxylic acids is 2. The van der Waals surface area contributed by atoms with Gasteiger partial charge in [0, 0.05) is 19.7 Å². The molecule has 3 amide bonds. The lowest BCUT2D eigenvalue weighted by atomic mass is 10.2. The number of aryl methyl sites for hydroxylation is 1. The van der Waals surface area contributed by atoms with Gasteiger partial charge < -0.3 is 5.32 Å². The van der Waals surface area contributed by atoms with Gasteiger partial charge in [-0.2, -0.15) is 0 Å². The molecular weight excluding hydrogens is 620 g/mol. The molecule has 0 aliphatic heterocycles. The Labute approximate surface area is 226 Å². The number of urea groups is 1. The van der Waals surface area contributed by atoms with Gasteiger partial charge in [-0.25, -0.2) is 9.78 Å². The number of thioether (sulfide) groups is 1. The maximum atomic E-state index is 13.6. The highest BCUT2D eigenvalue weighted by Crippen LogP contribution is 2.29. The standard InChI is InChI=1S/C24H17Br2ClN4O3S/c1-13-5-2-3-8-19(13)31-22(33)17-9-14(25)10-18(26)21(17)30-24(31)35-12-20(32)29-23(34)28-16-7-4-6-15(27)11-16/h2-11H,12H2,1H3,(H2,28,29,32,34). The molecule has 0 spiro atoms. The van der Waals surface area contributed by atoms with E-state index < -0.39 is 11.9 Å². The van der Waals surface area contributed by atoms with E-state index in [0.29, 0.717) is 36.9 Å². The van der Waals surface area contributed by atoms with Crippen LogP contribution in [0.15, 0.2) is 79.6 Å². The summed E-state index contributed by atoms with van der Waals surface area (Å²) in [6, 6.07) is 16.8. The Morgan fingerprint density at radius 2 is 1.86 bits per heavy atom. The van der Waals surface area contributed by atoms with Crippen LogP contribution in [0.2, 0.25) is 5.02 Å². The van der Waals surface area contributed by atoms with Gasteiger partial charge in [-0.05, 0) is 64.8 Å². The summed E-state index contributed by atoms with van der Waals surface area (Å²) < 4.78 is 2.86. The van der Waals surface area contributed by atoms with Crippen molar-refractivity contribution >= 4 is 83.8 Å². The fourth-order valence-corrected chi connectivity index (χ4v) is 5.64. The summed E-state index contributed by atoms with van der Waals surface area (Å²) in [7, 11) is 0. The van der Waals surface area contributed by atoms with E-state index in [1.807, 2.05) is 31.2 Å². The molecule has 0 fully saturated rings. The number of imide groups is 1. The lowest BCUT2D eigenvalue weighted by Gasteiger charge is -2.15. The second-order valence-electron chi connectivity index (χ2n) is 7.41. The molecule has 0 bridgehead atoms. The molecule has 0 aliphatic rings.